The molecule has 0 aromatic heterocycles. The van der Waals surface area contributed by atoms with Gasteiger partial charge in [-0.3, -0.25) is 4.79 Å². The van der Waals surface area contributed by atoms with Gasteiger partial charge in [0.2, 0.25) is 6.41 Å². The quantitative estimate of drug-likeness (QED) is 0.748. The lowest BCUT2D eigenvalue weighted by Gasteiger charge is -2.39. The molecule has 2 nitrogen and oxygen atoms in total. The number of fused-ring (bicyclic) bond motifs is 3. The van der Waals surface area contributed by atoms with Crippen LogP contribution < -0.4 is 5.32 Å². The maximum atomic E-state index is 11.0. The van der Waals surface area contributed by atoms with Gasteiger partial charge < -0.3 is 5.32 Å². The van der Waals surface area contributed by atoms with Crippen LogP contribution in [0.2, 0.25) is 0 Å². The van der Waals surface area contributed by atoms with Crippen molar-refractivity contribution in [1.82, 2.24) is 5.32 Å². The minimum Gasteiger partial charge on any atom is -0.353 e. The van der Waals surface area contributed by atoms with E-state index in [1.165, 1.54) is 25.7 Å². The van der Waals surface area contributed by atoms with Gasteiger partial charge >= 0.3 is 0 Å². The molecule has 0 bridgehead atoms. The predicted molar refractivity (Wildman–Crippen MR) is 73.0 cm³/mol. The molecule has 6 atom stereocenters. The second-order valence-electron chi connectivity index (χ2n) is 7.91. The van der Waals surface area contributed by atoms with E-state index < -0.39 is 0 Å². The van der Waals surface area contributed by atoms with Crippen LogP contribution in [0.25, 0.3) is 0 Å². The summed E-state index contributed by atoms with van der Waals surface area (Å²) in [7, 11) is 0. The maximum absolute atomic E-state index is 11.0. The van der Waals surface area contributed by atoms with Gasteiger partial charge in [-0.05, 0) is 61.2 Å². The summed E-state index contributed by atoms with van der Waals surface area (Å²) >= 11 is 0. The summed E-state index contributed by atoms with van der Waals surface area (Å²) < 4.78 is 0. The standard InChI is InChI=1S/C16H27NO/c1-10-5-6-11-13(10)14-12(15(14,2)3)7-8-16(11,4)17-9-18/h9-14H,5-8H2,1-4H3,(H,17,18)/t10-,11-,12-,13+,14-,16-/m1/s1. The molecule has 102 valence electrons. The highest BCUT2D eigenvalue weighted by molar-refractivity contribution is 5.48. The average molecular weight is 249 g/mol. The molecule has 0 spiro atoms. The van der Waals surface area contributed by atoms with Crippen molar-refractivity contribution >= 4 is 6.41 Å². The van der Waals surface area contributed by atoms with Crippen molar-refractivity contribution in [3.63, 3.8) is 0 Å². The van der Waals surface area contributed by atoms with E-state index >= 15 is 0 Å². The number of amides is 1. The van der Waals surface area contributed by atoms with Crippen molar-refractivity contribution < 1.29 is 4.79 Å². The number of carbonyl (C=O) groups excluding carboxylic acids is 1. The minimum atomic E-state index is 0.0562. The van der Waals surface area contributed by atoms with Crippen molar-refractivity contribution in [2.24, 2.45) is 35.0 Å². The molecule has 1 N–H and O–H groups in total. The number of hydrogen-bond acceptors (Lipinski definition) is 1. The molecular weight excluding hydrogens is 222 g/mol. The van der Waals surface area contributed by atoms with Crippen LogP contribution in [0.1, 0.15) is 53.4 Å². The van der Waals surface area contributed by atoms with Crippen molar-refractivity contribution in [2.75, 3.05) is 0 Å². The maximum Gasteiger partial charge on any atom is 0.207 e. The van der Waals surface area contributed by atoms with Crippen LogP contribution in [0, 0.1) is 35.0 Å². The van der Waals surface area contributed by atoms with Crippen molar-refractivity contribution in [2.45, 2.75) is 58.9 Å². The third kappa shape index (κ3) is 1.50. The molecule has 0 radical (unpaired) electrons. The van der Waals surface area contributed by atoms with Crippen molar-refractivity contribution in [3.05, 3.63) is 0 Å². The second-order valence-corrected chi connectivity index (χ2v) is 7.91. The van der Waals surface area contributed by atoms with E-state index in [1.807, 2.05) is 0 Å². The zero-order valence-corrected chi connectivity index (χ0v) is 12.2. The lowest BCUT2D eigenvalue weighted by atomic mass is 9.72. The van der Waals surface area contributed by atoms with Gasteiger partial charge in [-0.1, -0.05) is 27.2 Å². The first-order chi connectivity index (χ1) is 8.42. The Morgan fingerprint density at radius 2 is 1.83 bits per heavy atom. The van der Waals surface area contributed by atoms with Gasteiger partial charge in [-0.2, -0.15) is 0 Å². The molecule has 18 heavy (non-hydrogen) atoms. The summed E-state index contributed by atoms with van der Waals surface area (Å²) in [6, 6.07) is 0. The number of nitrogens with one attached hydrogen (secondary N) is 1. The normalized spacial score (nSPS) is 53.0. The lowest BCUT2D eigenvalue weighted by Crippen LogP contribution is -2.49. The number of rotatable bonds is 2. The predicted octanol–water partition coefficient (Wildman–Crippen LogP) is 3.22. The zero-order chi connectivity index (χ0) is 13.1. The van der Waals surface area contributed by atoms with E-state index in [1.54, 1.807) is 0 Å². The molecule has 3 aliphatic rings. The number of hydrogen-bond donors (Lipinski definition) is 1. The highest BCUT2D eigenvalue weighted by Crippen LogP contribution is 2.71. The molecule has 0 saturated heterocycles. The van der Waals surface area contributed by atoms with E-state index in [4.69, 9.17) is 0 Å². The third-order valence-electron chi connectivity index (χ3n) is 6.79. The molecule has 3 saturated carbocycles. The monoisotopic (exact) mass is 249 g/mol. The van der Waals surface area contributed by atoms with Gasteiger partial charge in [0, 0.05) is 5.54 Å². The first kappa shape index (κ1) is 12.5. The molecular formula is C16H27NO. The Morgan fingerprint density at radius 3 is 2.50 bits per heavy atom. The lowest BCUT2D eigenvalue weighted by molar-refractivity contribution is -0.112. The van der Waals surface area contributed by atoms with Crippen LogP contribution in [0.15, 0.2) is 0 Å². The molecule has 0 aliphatic heterocycles. The Morgan fingerprint density at radius 1 is 1.11 bits per heavy atom. The first-order valence-corrected chi connectivity index (χ1v) is 7.63. The smallest absolute Gasteiger partial charge is 0.207 e. The van der Waals surface area contributed by atoms with Crippen LogP contribution in [-0.4, -0.2) is 11.9 Å². The van der Waals surface area contributed by atoms with E-state index in [9.17, 15) is 4.79 Å². The summed E-state index contributed by atoms with van der Waals surface area (Å²) in [6.45, 7) is 9.64. The molecule has 0 unspecified atom stereocenters. The van der Waals surface area contributed by atoms with Crippen molar-refractivity contribution in [3.8, 4) is 0 Å². The molecule has 3 fully saturated rings. The molecule has 0 aromatic carbocycles. The molecule has 1 amide bonds. The molecule has 0 aromatic rings. The molecule has 0 heterocycles. The van der Waals surface area contributed by atoms with Crippen LogP contribution in [0.4, 0.5) is 0 Å². The van der Waals surface area contributed by atoms with E-state index in [2.05, 4.69) is 33.0 Å². The van der Waals surface area contributed by atoms with E-state index in [0.29, 0.717) is 11.3 Å². The minimum absolute atomic E-state index is 0.0562. The van der Waals surface area contributed by atoms with Gasteiger partial charge in [0.15, 0.2) is 0 Å². The van der Waals surface area contributed by atoms with Gasteiger partial charge in [-0.15, -0.1) is 0 Å². The highest BCUT2D eigenvalue weighted by atomic mass is 16.1. The fourth-order valence-corrected chi connectivity index (χ4v) is 5.63. The van der Waals surface area contributed by atoms with Crippen LogP contribution in [0.5, 0.6) is 0 Å². The van der Waals surface area contributed by atoms with E-state index in [0.717, 1.165) is 30.1 Å². The fraction of sp³-hybridized carbons (Fsp3) is 0.938. The Balaban J connectivity index is 1.92. The van der Waals surface area contributed by atoms with Gasteiger partial charge in [-0.25, -0.2) is 0 Å². The topological polar surface area (TPSA) is 29.1 Å². The Kier molecular flexibility index (Phi) is 2.60. The van der Waals surface area contributed by atoms with Gasteiger partial charge in [0.25, 0.3) is 0 Å². The summed E-state index contributed by atoms with van der Waals surface area (Å²) in [5.41, 5.74) is 0.616. The van der Waals surface area contributed by atoms with Crippen molar-refractivity contribution in [1.29, 1.82) is 0 Å². The Hall–Kier alpha value is -0.530. The SMILES string of the molecule is C[C@@H]1CC[C@@H]2[C@H]1[C@H]1[C@@H](CC[C@@]2(C)NC=O)C1(C)C. The van der Waals surface area contributed by atoms with Crippen LogP contribution in [-0.2, 0) is 4.79 Å². The summed E-state index contributed by atoms with van der Waals surface area (Å²) in [5.74, 6) is 4.20. The Bertz CT molecular complexity index is 364. The van der Waals surface area contributed by atoms with Crippen LogP contribution >= 0.6 is 0 Å². The van der Waals surface area contributed by atoms with Crippen LogP contribution in [0.3, 0.4) is 0 Å². The summed E-state index contributed by atoms with van der Waals surface area (Å²) in [6.07, 6.45) is 6.06. The Labute approximate surface area is 111 Å². The first-order valence-electron chi connectivity index (χ1n) is 7.63. The fourth-order valence-electron chi connectivity index (χ4n) is 5.63. The van der Waals surface area contributed by atoms with Gasteiger partial charge in [0.1, 0.15) is 0 Å². The van der Waals surface area contributed by atoms with Gasteiger partial charge in [0.05, 0.1) is 0 Å². The summed E-state index contributed by atoms with van der Waals surface area (Å²) in [4.78, 5) is 11.0. The zero-order valence-electron chi connectivity index (χ0n) is 12.2. The molecule has 2 heteroatoms. The highest BCUT2D eigenvalue weighted by Gasteiger charge is 2.66. The summed E-state index contributed by atoms with van der Waals surface area (Å²) in [5, 5.41) is 3.18. The largest absolute Gasteiger partial charge is 0.353 e. The molecule has 3 aliphatic carbocycles. The average Bonchev–Trinajstić information content (AvgIpc) is 2.65. The second kappa shape index (κ2) is 3.74. The molecule has 3 rings (SSSR count). The number of carbonyl (C=O) groups is 1. The third-order valence-corrected chi connectivity index (χ3v) is 6.79. The van der Waals surface area contributed by atoms with E-state index in [-0.39, 0.29) is 5.54 Å².